The summed E-state index contributed by atoms with van der Waals surface area (Å²) in [6, 6.07) is 10.2. The van der Waals surface area contributed by atoms with Crippen LogP contribution >= 0.6 is 0 Å². The van der Waals surface area contributed by atoms with E-state index < -0.39 is 0 Å². The Balaban J connectivity index is 1.69. The quantitative estimate of drug-likeness (QED) is 0.842. The molecule has 0 bridgehead atoms. The van der Waals surface area contributed by atoms with Crippen molar-refractivity contribution in [2.45, 2.75) is 38.6 Å². The van der Waals surface area contributed by atoms with Crippen molar-refractivity contribution in [1.29, 1.82) is 0 Å². The van der Waals surface area contributed by atoms with Crippen molar-refractivity contribution in [1.82, 2.24) is 0 Å². The van der Waals surface area contributed by atoms with E-state index in [2.05, 4.69) is 19.1 Å². The minimum absolute atomic E-state index is 0.181. The number of hydrogen-bond donors (Lipinski definition) is 1. The van der Waals surface area contributed by atoms with E-state index in [1.54, 1.807) is 0 Å². The average Bonchev–Trinajstić information content (AvgIpc) is 2.72. The lowest BCUT2D eigenvalue weighted by Crippen LogP contribution is -2.18. The molecule has 1 saturated heterocycles. The maximum atomic E-state index is 8.94. The molecule has 2 rings (SSSR count). The Morgan fingerprint density at radius 1 is 1.33 bits per heavy atom. The fraction of sp³-hybridized carbons (Fsp3) is 0.600. The van der Waals surface area contributed by atoms with Crippen LogP contribution in [-0.4, -0.2) is 30.5 Å². The van der Waals surface area contributed by atoms with Gasteiger partial charge >= 0.3 is 0 Å². The molecule has 0 spiro atoms. The van der Waals surface area contributed by atoms with Crippen LogP contribution < -0.4 is 0 Å². The first kappa shape index (κ1) is 13.5. The molecule has 1 aromatic rings. The van der Waals surface area contributed by atoms with Crippen LogP contribution in [0.5, 0.6) is 0 Å². The second-order valence-corrected chi connectivity index (χ2v) is 5.02. The molecule has 0 amide bonds. The number of benzene rings is 1. The molecule has 1 aliphatic rings. The van der Waals surface area contributed by atoms with Gasteiger partial charge in [-0.25, -0.2) is 0 Å². The van der Waals surface area contributed by atoms with Gasteiger partial charge in [-0.3, -0.25) is 0 Å². The van der Waals surface area contributed by atoms with Crippen LogP contribution in [0.4, 0.5) is 0 Å². The summed E-state index contributed by atoms with van der Waals surface area (Å²) in [6.07, 6.45) is 2.14. The average molecular weight is 250 g/mol. The topological polar surface area (TPSA) is 38.7 Å². The van der Waals surface area contributed by atoms with Gasteiger partial charge in [0.15, 0.2) is 0 Å². The van der Waals surface area contributed by atoms with Crippen LogP contribution in [0.25, 0.3) is 0 Å². The zero-order valence-electron chi connectivity index (χ0n) is 10.9. The summed E-state index contributed by atoms with van der Waals surface area (Å²) in [6.45, 7) is 3.66. The Kier molecular flexibility index (Phi) is 5.17. The molecular formula is C15H22O3. The van der Waals surface area contributed by atoms with E-state index in [0.29, 0.717) is 19.1 Å². The van der Waals surface area contributed by atoms with Gasteiger partial charge in [-0.05, 0) is 24.3 Å². The highest BCUT2D eigenvalue weighted by Crippen LogP contribution is 2.28. The zero-order chi connectivity index (χ0) is 12.8. The highest BCUT2D eigenvalue weighted by atomic mass is 16.5. The standard InChI is InChI=1S/C15H22O3/c1-12-9-14(18-15(12)7-8-16)11-17-10-13-5-3-2-4-6-13/h2-6,12,14-16H,7-11H2,1H3/t12-,14+,15?/m1/s1. The van der Waals surface area contributed by atoms with E-state index in [0.717, 1.165) is 12.8 Å². The summed E-state index contributed by atoms with van der Waals surface area (Å²) in [7, 11) is 0. The van der Waals surface area contributed by atoms with Crippen LogP contribution in [0.15, 0.2) is 30.3 Å². The van der Waals surface area contributed by atoms with Gasteiger partial charge < -0.3 is 14.6 Å². The SMILES string of the molecule is C[C@@H]1C[C@@H](COCc2ccccc2)OC1CCO. The summed E-state index contributed by atoms with van der Waals surface area (Å²) in [5.74, 6) is 0.516. The third kappa shape index (κ3) is 3.80. The van der Waals surface area contributed by atoms with E-state index in [1.807, 2.05) is 18.2 Å². The summed E-state index contributed by atoms with van der Waals surface area (Å²) in [4.78, 5) is 0. The number of hydrogen-bond acceptors (Lipinski definition) is 3. The van der Waals surface area contributed by atoms with Gasteiger partial charge in [0.05, 0.1) is 25.4 Å². The molecule has 3 atom stereocenters. The van der Waals surface area contributed by atoms with Gasteiger partial charge in [-0.15, -0.1) is 0 Å². The predicted molar refractivity (Wildman–Crippen MR) is 70.2 cm³/mol. The minimum Gasteiger partial charge on any atom is -0.396 e. The summed E-state index contributed by atoms with van der Waals surface area (Å²) < 4.78 is 11.6. The van der Waals surface area contributed by atoms with Gasteiger partial charge in [-0.1, -0.05) is 37.3 Å². The lowest BCUT2D eigenvalue weighted by Gasteiger charge is -2.14. The monoisotopic (exact) mass is 250 g/mol. The molecule has 1 aromatic carbocycles. The molecule has 3 nitrogen and oxygen atoms in total. The van der Waals surface area contributed by atoms with Gasteiger partial charge in [0.2, 0.25) is 0 Å². The third-order valence-electron chi connectivity index (χ3n) is 3.47. The normalized spacial score (nSPS) is 27.6. The van der Waals surface area contributed by atoms with Crippen molar-refractivity contribution in [3.05, 3.63) is 35.9 Å². The van der Waals surface area contributed by atoms with Crippen LogP contribution in [0.2, 0.25) is 0 Å². The maximum Gasteiger partial charge on any atom is 0.0816 e. The third-order valence-corrected chi connectivity index (χ3v) is 3.47. The number of rotatable bonds is 6. The molecule has 1 N–H and O–H groups in total. The molecule has 0 aromatic heterocycles. The van der Waals surface area contributed by atoms with Gasteiger partial charge in [0.25, 0.3) is 0 Å². The van der Waals surface area contributed by atoms with Gasteiger partial charge in [-0.2, -0.15) is 0 Å². The number of aliphatic hydroxyl groups is 1. The molecule has 1 heterocycles. The Morgan fingerprint density at radius 3 is 2.83 bits per heavy atom. The highest BCUT2D eigenvalue weighted by Gasteiger charge is 2.31. The van der Waals surface area contributed by atoms with Crippen molar-refractivity contribution >= 4 is 0 Å². The Labute approximate surface area is 109 Å². The van der Waals surface area contributed by atoms with E-state index in [9.17, 15) is 0 Å². The lowest BCUT2D eigenvalue weighted by molar-refractivity contribution is -0.0291. The summed E-state index contributed by atoms with van der Waals surface area (Å²) in [5, 5.41) is 8.94. The van der Waals surface area contributed by atoms with Crippen molar-refractivity contribution in [2.24, 2.45) is 5.92 Å². The first-order valence-electron chi connectivity index (χ1n) is 6.67. The van der Waals surface area contributed by atoms with Crippen molar-refractivity contribution in [2.75, 3.05) is 13.2 Å². The molecule has 1 aliphatic heterocycles. The van der Waals surface area contributed by atoms with Crippen LogP contribution in [-0.2, 0) is 16.1 Å². The minimum atomic E-state index is 0.181. The molecule has 100 valence electrons. The summed E-state index contributed by atoms with van der Waals surface area (Å²) >= 11 is 0. The second kappa shape index (κ2) is 6.88. The Morgan fingerprint density at radius 2 is 2.11 bits per heavy atom. The van der Waals surface area contributed by atoms with Crippen LogP contribution in [0.1, 0.15) is 25.3 Å². The van der Waals surface area contributed by atoms with Crippen molar-refractivity contribution in [3.63, 3.8) is 0 Å². The smallest absolute Gasteiger partial charge is 0.0816 e. The van der Waals surface area contributed by atoms with Gasteiger partial charge in [0.1, 0.15) is 0 Å². The number of aliphatic hydroxyl groups excluding tert-OH is 1. The highest BCUT2D eigenvalue weighted by molar-refractivity contribution is 5.13. The molecule has 0 aliphatic carbocycles. The maximum absolute atomic E-state index is 8.94. The Hall–Kier alpha value is -0.900. The molecule has 0 saturated carbocycles. The fourth-order valence-electron chi connectivity index (χ4n) is 2.47. The zero-order valence-corrected chi connectivity index (χ0v) is 10.9. The van der Waals surface area contributed by atoms with Crippen LogP contribution in [0, 0.1) is 5.92 Å². The molecule has 0 radical (unpaired) electrons. The van der Waals surface area contributed by atoms with E-state index in [-0.39, 0.29) is 18.8 Å². The van der Waals surface area contributed by atoms with Crippen molar-refractivity contribution in [3.8, 4) is 0 Å². The van der Waals surface area contributed by atoms with Gasteiger partial charge in [0, 0.05) is 6.61 Å². The largest absolute Gasteiger partial charge is 0.396 e. The molecule has 1 fully saturated rings. The van der Waals surface area contributed by atoms with Crippen LogP contribution in [0.3, 0.4) is 0 Å². The second-order valence-electron chi connectivity index (χ2n) is 5.02. The molecule has 3 heteroatoms. The predicted octanol–water partition coefficient (Wildman–Crippen LogP) is 2.38. The molecule has 1 unspecified atom stereocenters. The fourth-order valence-corrected chi connectivity index (χ4v) is 2.47. The summed E-state index contributed by atoms with van der Waals surface area (Å²) in [5.41, 5.74) is 1.19. The Bertz CT molecular complexity index is 339. The molecule has 18 heavy (non-hydrogen) atoms. The van der Waals surface area contributed by atoms with E-state index in [1.165, 1.54) is 5.56 Å². The van der Waals surface area contributed by atoms with E-state index in [4.69, 9.17) is 14.6 Å². The van der Waals surface area contributed by atoms with E-state index >= 15 is 0 Å². The number of ether oxygens (including phenoxy) is 2. The first-order valence-corrected chi connectivity index (χ1v) is 6.67. The van der Waals surface area contributed by atoms with Crippen molar-refractivity contribution < 1.29 is 14.6 Å². The first-order chi connectivity index (χ1) is 8.79. The lowest BCUT2D eigenvalue weighted by atomic mass is 10.00. The molecular weight excluding hydrogens is 228 g/mol.